The Hall–Kier alpha value is -3.43. The monoisotopic (exact) mass is 521 g/mol. The third kappa shape index (κ3) is 3.96. The zero-order valence-corrected chi connectivity index (χ0v) is 22.0. The molecule has 3 heterocycles. The van der Waals surface area contributed by atoms with Crippen molar-refractivity contribution < 1.29 is 29.0 Å². The van der Waals surface area contributed by atoms with Crippen LogP contribution in [0.1, 0.15) is 39.5 Å². The van der Waals surface area contributed by atoms with Crippen molar-refractivity contribution >= 4 is 29.1 Å². The van der Waals surface area contributed by atoms with Crippen LogP contribution in [0.3, 0.4) is 0 Å². The molecule has 2 bridgehead atoms. The predicted molar refractivity (Wildman–Crippen MR) is 142 cm³/mol. The molecule has 0 radical (unpaired) electrons. The van der Waals surface area contributed by atoms with Gasteiger partial charge in [-0.2, -0.15) is 0 Å². The van der Waals surface area contributed by atoms with Crippen LogP contribution in [0.25, 0.3) is 0 Å². The van der Waals surface area contributed by atoms with Gasteiger partial charge in [0.25, 0.3) is 0 Å². The van der Waals surface area contributed by atoms with E-state index in [1.165, 1.54) is 4.90 Å². The highest BCUT2D eigenvalue weighted by Crippen LogP contribution is 2.64. The molecule has 9 nitrogen and oxygen atoms in total. The first-order chi connectivity index (χ1) is 18.3. The summed E-state index contributed by atoms with van der Waals surface area (Å²) in [5, 5.41) is 16.1. The van der Waals surface area contributed by atoms with E-state index in [2.05, 4.69) is 10.6 Å². The minimum atomic E-state index is -1.16. The molecular weight excluding hydrogens is 486 g/mol. The van der Waals surface area contributed by atoms with Gasteiger partial charge in [0.05, 0.1) is 37.2 Å². The van der Waals surface area contributed by atoms with E-state index in [9.17, 15) is 19.5 Å². The number of carbonyl (C=O) groups excluding carboxylic acids is 3. The Bertz CT molecular complexity index is 1200. The molecule has 1 spiro atoms. The number of ether oxygens (including phenoxy) is 2. The van der Waals surface area contributed by atoms with Crippen LogP contribution in [0.2, 0.25) is 0 Å². The molecule has 0 aliphatic carbocycles. The lowest BCUT2D eigenvalue weighted by Gasteiger charge is -2.37. The molecule has 3 saturated heterocycles. The van der Waals surface area contributed by atoms with Gasteiger partial charge in [-0.05, 0) is 62.1 Å². The molecule has 5 rings (SSSR count). The van der Waals surface area contributed by atoms with Gasteiger partial charge in [-0.15, -0.1) is 0 Å². The second-order valence-corrected chi connectivity index (χ2v) is 10.4. The minimum Gasteiger partial charge on any atom is -0.497 e. The molecule has 3 aliphatic heterocycles. The maximum absolute atomic E-state index is 14.2. The molecular formula is C29H35N3O6. The predicted octanol–water partition coefficient (Wildman–Crippen LogP) is 3.20. The van der Waals surface area contributed by atoms with Crippen LogP contribution in [0.15, 0.2) is 54.6 Å². The summed E-state index contributed by atoms with van der Waals surface area (Å²) in [6, 6.07) is 14.5. The third-order valence-electron chi connectivity index (χ3n) is 8.62. The molecule has 2 unspecified atom stereocenters. The Labute approximate surface area is 222 Å². The summed E-state index contributed by atoms with van der Waals surface area (Å²) in [5.74, 6) is -1.93. The fraction of sp³-hybridized carbons (Fsp3) is 0.483. The first-order valence-corrected chi connectivity index (χ1v) is 13.3. The van der Waals surface area contributed by atoms with E-state index in [0.29, 0.717) is 42.8 Å². The van der Waals surface area contributed by atoms with Crippen molar-refractivity contribution in [2.75, 3.05) is 24.4 Å². The summed E-state index contributed by atoms with van der Waals surface area (Å²) in [5.41, 5.74) is -0.815. The van der Waals surface area contributed by atoms with E-state index in [1.54, 1.807) is 43.5 Å². The molecule has 38 heavy (non-hydrogen) atoms. The van der Waals surface area contributed by atoms with E-state index in [-0.39, 0.29) is 18.4 Å². The standard InChI is InChI=1S/C29H35N3O6/c1-4-20(17-33)32-24(26(35)31-19-11-13-21(37-3)14-12-19)29-16-15-28(5-2,38-29)22(23(29)27(32)36)25(34)30-18-9-7-6-8-10-18/h6-14,20,22-24,33H,4-5,15-17H2,1-3H3,(H,30,34)(H,31,35)/t20-,22+,23-,24?,28-,29?/m0/s1. The molecule has 3 fully saturated rings. The number of nitrogens with one attached hydrogen (secondary N) is 2. The average Bonchev–Trinajstić information content (AvgIpc) is 3.54. The summed E-state index contributed by atoms with van der Waals surface area (Å²) in [4.78, 5) is 43.4. The lowest BCUT2D eigenvalue weighted by Crippen LogP contribution is -2.56. The summed E-state index contributed by atoms with van der Waals surface area (Å²) >= 11 is 0. The van der Waals surface area contributed by atoms with Crippen LogP contribution in [0.4, 0.5) is 11.4 Å². The molecule has 0 aromatic heterocycles. The molecule has 9 heteroatoms. The van der Waals surface area contributed by atoms with E-state index < -0.39 is 41.0 Å². The zero-order chi connectivity index (χ0) is 27.1. The van der Waals surface area contributed by atoms with E-state index >= 15 is 0 Å². The lowest BCUT2D eigenvalue weighted by atomic mass is 9.65. The molecule has 2 aromatic carbocycles. The van der Waals surface area contributed by atoms with Crippen molar-refractivity contribution in [3.8, 4) is 5.75 Å². The van der Waals surface area contributed by atoms with Crippen molar-refractivity contribution in [2.45, 2.75) is 62.8 Å². The quantitative estimate of drug-likeness (QED) is 0.467. The number of rotatable bonds is 9. The minimum absolute atomic E-state index is 0.286. The number of methoxy groups -OCH3 is 1. The topological polar surface area (TPSA) is 117 Å². The van der Waals surface area contributed by atoms with Gasteiger partial charge in [-0.3, -0.25) is 14.4 Å². The lowest BCUT2D eigenvalue weighted by molar-refractivity contribution is -0.148. The molecule has 3 amide bonds. The van der Waals surface area contributed by atoms with Gasteiger partial charge in [-0.25, -0.2) is 0 Å². The van der Waals surface area contributed by atoms with Gasteiger partial charge >= 0.3 is 0 Å². The van der Waals surface area contributed by atoms with Crippen LogP contribution in [-0.4, -0.2) is 64.7 Å². The van der Waals surface area contributed by atoms with E-state index in [1.807, 2.05) is 32.0 Å². The highest BCUT2D eigenvalue weighted by Gasteiger charge is 2.79. The van der Waals surface area contributed by atoms with Gasteiger partial charge in [0.15, 0.2) is 0 Å². The molecule has 6 atom stereocenters. The van der Waals surface area contributed by atoms with Gasteiger partial charge in [0.1, 0.15) is 17.4 Å². The number of nitrogens with zero attached hydrogens (tertiary/aromatic N) is 1. The van der Waals surface area contributed by atoms with Crippen molar-refractivity contribution in [1.82, 2.24) is 4.90 Å². The third-order valence-corrected chi connectivity index (χ3v) is 8.62. The number of benzene rings is 2. The zero-order valence-electron chi connectivity index (χ0n) is 22.0. The summed E-state index contributed by atoms with van der Waals surface area (Å²) in [7, 11) is 1.57. The van der Waals surface area contributed by atoms with Gasteiger partial charge in [0, 0.05) is 11.4 Å². The first-order valence-electron chi connectivity index (χ1n) is 13.3. The Morgan fingerprint density at radius 1 is 1.05 bits per heavy atom. The van der Waals surface area contributed by atoms with Gasteiger partial charge in [0.2, 0.25) is 17.7 Å². The molecule has 2 aromatic rings. The molecule has 202 valence electrons. The van der Waals surface area contributed by atoms with Gasteiger partial charge < -0.3 is 30.1 Å². The number of para-hydroxylation sites is 1. The second-order valence-electron chi connectivity index (χ2n) is 10.4. The number of likely N-dealkylation sites (tertiary alicyclic amines) is 1. The Kier molecular flexibility index (Phi) is 6.92. The number of aliphatic hydroxyl groups excluding tert-OH is 1. The largest absolute Gasteiger partial charge is 0.497 e. The molecule has 3 aliphatic rings. The first kappa shape index (κ1) is 26.2. The SMILES string of the molecule is CC[C@@H](CO)N1C(=O)[C@@H]2[C@H](C(=O)Nc3ccccc3)[C@]3(CC)CCC2(O3)C1C(=O)Nc1ccc(OC)cc1. The fourth-order valence-electron chi connectivity index (χ4n) is 6.79. The smallest absolute Gasteiger partial charge is 0.250 e. The van der Waals surface area contributed by atoms with Crippen LogP contribution in [-0.2, 0) is 19.1 Å². The average molecular weight is 522 g/mol. The maximum atomic E-state index is 14.2. The van der Waals surface area contributed by atoms with Crippen molar-refractivity contribution in [2.24, 2.45) is 11.8 Å². The van der Waals surface area contributed by atoms with Crippen LogP contribution >= 0.6 is 0 Å². The number of amides is 3. The Balaban J connectivity index is 1.53. The van der Waals surface area contributed by atoms with Crippen molar-refractivity contribution in [3.63, 3.8) is 0 Å². The van der Waals surface area contributed by atoms with Crippen LogP contribution in [0, 0.1) is 11.8 Å². The summed E-state index contributed by atoms with van der Waals surface area (Å²) in [6.07, 6.45) is 2.04. The number of anilines is 2. The molecule has 3 N–H and O–H groups in total. The van der Waals surface area contributed by atoms with Crippen LogP contribution in [0.5, 0.6) is 5.75 Å². The van der Waals surface area contributed by atoms with Crippen molar-refractivity contribution in [1.29, 1.82) is 0 Å². The number of hydrogen-bond donors (Lipinski definition) is 3. The number of aliphatic hydroxyl groups is 1. The highest BCUT2D eigenvalue weighted by molar-refractivity contribution is 6.05. The van der Waals surface area contributed by atoms with Gasteiger partial charge in [-0.1, -0.05) is 32.0 Å². The molecule has 0 saturated carbocycles. The maximum Gasteiger partial charge on any atom is 0.250 e. The van der Waals surface area contributed by atoms with Crippen molar-refractivity contribution in [3.05, 3.63) is 54.6 Å². The normalized spacial score (nSPS) is 30.2. The van der Waals surface area contributed by atoms with Crippen LogP contribution < -0.4 is 15.4 Å². The van der Waals surface area contributed by atoms with E-state index in [4.69, 9.17) is 9.47 Å². The number of hydrogen-bond acceptors (Lipinski definition) is 6. The highest BCUT2D eigenvalue weighted by atomic mass is 16.5. The Morgan fingerprint density at radius 3 is 2.32 bits per heavy atom. The van der Waals surface area contributed by atoms with E-state index in [0.717, 1.165) is 0 Å². The Morgan fingerprint density at radius 2 is 1.71 bits per heavy atom. The second kappa shape index (κ2) is 10.0. The number of carbonyl (C=O) groups is 3. The summed E-state index contributed by atoms with van der Waals surface area (Å²) in [6.45, 7) is 3.53. The number of fused-ring (bicyclic) bond motifs is 1. The fourth-order valence-corrected chi connectivity index (χ4v) is 6.79. The summed E-state index contributed by atoms with van der Waals surface area (Å²) < 4.78 is 12.0.